The number of nitrogens with zero attached hydrogens (tertiary/aromatic N) is 1. The first-order valence-electron chi connectivity index (χ1n) is 9.88. The molecule has 6 nitrogen and oxygen atoms in total. The fourth-order valence-corrected chi connectivity index (χ4v) is 5.46. The van der Waals surface area contributed by atoms with Gasteiger partial charge in [-0.15, -0.1) is 0 Å². The number of carbonyl (C=O) groups excluding carboxylic acids is 1. The molecule has 8 heteroatoms. The van der Waals surface area contributed by atoms with Crippen molar-refractivity contribution in [2.45, 2.75) is 21.9 Å². The largest absolute Gasteiger partial charge is 0.328 e. The molecule has 0 aliphatic heterocycles. The van der Waals surface area contributed by atoms with Crippen molar-refractivity contribution in [3.8, 4) is 11.4 Å². The first-order valence-corrected chi connectivity index (χ1v) is 12.4. The van der Waals surface area contributed by atoms with Gasteiger partial charge >= 0.3 is 0 Å². The molecule has 0 fully saturated rings. The lowest BCUT2D eigenvalue weighted by Crippen LogP contribution is -2.14. The van der Waals surface area contributed by atoms with Gasteiger partial charge in [0.05, 0.1) is 10.6 Å². The molecule has 2 N–H and O–H groups in total. The number of amides is 1. The topological polar surface area (TPSA) is 91.9 Å². The van der Waals surface area contributed by atoms with Gasteiger partial charge in [0, 0.05) is 11.3 Å². The molecule has 0 atom stereocenters. The van der Waals surface area contributed by atoms with Crippen LogP contribution in [0.5, 0.6) is 0 Å². The summed E-state index contributed by atoms with van der Waals surface area (Å²) in [4.78, 5) is 20.1. The van der Waals surface area contributed by atoms with Gasteiger partial charge in [-0.1, -0.05) is 78.0 Å². The number of hydrogen-bond acceptors (Lipinski definition) is 5. The van der Waals surface area contributed by atoms with Gasteiger partial charge in [0.15, 0.2) is 5.03 Å². The fourth-order valence-electron chi connectivity index (χ4n) is 3.04. The smallest absolute Gasteiger partial charge is 0.234 e. The van der Waals surface area contributed by atoms with Crippen molar-refractivity contribution >= 4 is 33.2 Å². The number of thioether (sulfide) groups is 1. The molecule has 0 aliphatic rings. The summed E-state index contributed by atoms with van der Waals surface area (Å²) < 4.78 is 26.7. The van der Waals surface area contributed by atoms with Crippen LogP contribution in [-0.2, 0) is 14.6 Å². The summed E-state index contributed by atoms with van der Waals surface area (Å²) in [6, 6.07) is 25.0. The molecule has 1 aromatic heterocycles. The second-order valence-corrected chi connectivity index (χ2v) is 9.96. The Kier molecular flexibility index (Phi) is 6.43. The molecule has 3 aromatic carbocycles. The Morgan fingerprint density at radius 2 is 1.56 bits per heavy atom. The van der Waals surface area contributed by atoms with Crippen LogP contribution in [-0.4, -0.2) is 30.0 Å². The van der Waals surface area contributed by atoms with Crippen LogP contribution in [0.15, 0.2) is 99.9 Å². The molecule has 32 heavy (non-hydrogen) atoms. The fraction of sp³-hybridized carbons (Fsp3) is 0.0833. The molecule has 0 saturated carbocycles. The lowest BCUT2D eigenvalue weighted by atomic mass is 10.2. The van der Waals surface area contributed by atoms with Crippen LogP contribution >= 0.6 is 11.8 Å². The minimum absolute atomic E-state index is 0.0160. The van der Waals surface area contributed by atoms with Gasteiger partial charge < -0.3 is 10.3 Å². The Hall–Kier alpha value is -3.36. The number of imidazole rings is 1. The van der Waals surface area contributed by atoms with Crippen LogP contribution in [0.3, 0.4) is 0 Å². The van der Waals surface area contributed by atoms with E-state index in [1.165, 1.54) is 0 Å². The van der Waals surface area contributed by atoms with E-state index in [1.807, 2.05) is 55.5 Å². The van der Waals surface area contributed by atoms with Gasteiger partial charge in [0.25, 0.3) is 0 Å². The number of rotatable bonds is 7. The number of anilines is 1. The Morgan fingerprint density at radius 3 is 2.22 bits per heavy atom. The number of H-pyrrole nitrogens is 1. The highest BCUT2D eigenvalue weighted by molar-refractivity contribution is 8.00. The van der Waals surface area contributed by atoms with E-state index < -0.39 is 9.84 Å². The van der Waals surface area contributed by atoms with E-state index in [0.29, 0.717) is 11.5 Å². The van der Waals surface area contributed by atoms with Crippen molar-refractivity contribution in [3.05, 3.63) is 90.5 Å². The minimum atomic E-state index is -3.85. The van der Waals surface area contributed by atoms with Crippen molar-refractivity contribution in [1.29, 1.82) is 0 Å². The van der Waals surface area contributed by atoms with Gasteiger partial charge in [0.2, 0.25) is 15.7 Å². The first kappa shape index (κ1) is 21.9. The molecule has 1 heterocycles. The van der Waals surface area contributed by atoms with Crippen molar-refractivity contribution in [2.24, 2.45) is 0 Å². The van der Waals surface area contributed by atoms with Gasteiger partial charge in [-0.3, -0.25) is 4.79 Å². The zero-order chi connectivity index (χ0) is 22.6. The van der Waals surface area contributed by atoms with Crippen LogP contribution in [0.4, 0.5) is 5.69 Å². The van der Waals surface area contributed by atoms with Crippen LogP contribution < -0.4 is 5.32 Å². The highest BCUT2D eigenvalue weighted by Gasteiger charge is 2.26. The molecule has 4 aromatic rings. The van der Waals surface area contributed by atoms with E-state index in [0.717, 1.165) is 22.9 Å². The zero-order valence-corrected chi connectivity index (χ0v) is 18.9. The van der Waals surface area contributed by atoms with Crippen LogP contribution in [0.2, 0.25) is 0 Å². The van der Waals surface area contributed by atoms with Crippen LogP contribution in [0, 0.1) is 6.92 Å². The molecule has 162 valence electrons. The maximum atomic E-state index is 13.4. The van der Waals surface area contributed by atoms with Crippen molar-refractivity contribution in [3.63, 3.8) is 0 Å². The molecule has 0 spiro atoms. The summed E-state index contributed by atoms with van der Waals surface area (Å²) in [5.74, 6) is 0.205. The summed E-state index contributed by atoms with van der Waals surface area (Å²) in [7, 11) is -3.85. The Balaban J connectivity index is 1.65. The molecule has 0 saturated heterocycles. The second-order valence-electron chi connectivity index (χ2n) is 7.11. The maximum absolute atomic E-state index is 13.4. The standard InChI is InChI=1S/C24H21N3O3S2/c1-17-12-14-20(15-13-17)32(29,30)24-23(26-22(27-24)18-8-4-2-5-9-18)31-16-21(28)25-19-10-6-3-7-11-19/h2-15H,16H2,1H3,(H,25,28)(H,26,27). The van der Waals surface area contributed by atoms with Gasteiger partial charge in [-0.2, -0.15) is 0 Å². The maximum Gasteiger partial charge on any atom is 0.234 e. The molecule has 1 amide bonds. The molecule has 0 unspecified atom stereocenters. The predicted octanol–water partition coefficient (Wildman–Crippen LogP) is 4.95. The summed E-state index contributed by atoms with van der Waals surface area (Å²) in [5, 5.41) is 3.04. The third kappa shape index (κ3) is 4.92. The van der Waals surface area contributed by atoms with E-state index in [-0.39, 0.29) is 26.6 Å². The minimum Gasteiger partial charge on any atom is -0.328 e. The van der Waals surface area contributed by atoms with E-state index in [9.17, 15) is 13.2 Å². The van der Waals surface area contributed by atoms with E-state index in [2.05, 4.69) is 15.3 Å². The SMILES string of the molecule is Cc1ccc(S(=O)(=O)c2[nH]c(-c3ccccc3)nc2SCC(=O)Nc2ccccc2)cc1. The number of para-hydroxylation sites is 1. The van der Waals surface area contributed by atoms with Crippen LogP contribution in [0.25, 0.3) is 11.4 Å². The molecule has 4 rings (SSSR count). The quantitative estimate of drug-likeness (QED) is 0.379. The number of aromatic amines is 1. The summed E-state index contributed by atoms with van der Waals surface area (Å²) >= 11 is 1.08. The van der Waals surface area contributed by atoms with Gasteiger partial charge in [-0.05, 0) is 31.2 Å². The average Bonchev–Trinajstić information content (AvgIpc) is 3.25. The highest BCUT2D eigenvalue weighted by atomic mass is 32.2. The number of hydrogen-bond donors (Lipinski definition) is 2. The average molecular weight is 464 g/mol. The predicted molar refractivity (Wildman–Crippen MR) is 126 cm³/mol. The molecule has 0 radical (unpaired) electrons. The number of nitrogens with one attached hydrogen (secondary N) is 2. The first-order chi connectivity index (χ1) is 15.4. The van der Waals surface area contributed by atoms with Crippen molar-refractivity contribution < 1.29 is 13.2 Å². The van der Waals surface area contributed by atoms with Crippen molar-refractivity contribution in [2.75, 3.05) is 11.1 Å². The third-order valence-corrected chi connectivity index (χ3v) is 7.51. The van der Waals surface area contributed by atoms with E-state index in [4.69, 9.17) is 0 Å². The van der Waals surface area contributed by atoms with Crippen molar-refractivity contribution in [1.82, 2.24) is 9.97 Å². The monoisotopic (exact) mass is 463 g/mol. The lowest BCUT2D eigenvalue weighted by molar-refractivity contribution is -0.113. The Labute approximate surface area is 191 Å². The van der Waals surface area contributed by atoms with Crippen LogP contribution in [0.1, 0.15) is 5.56 Å². The third-order valence-electron chi connectivity index (χ3n) is 4.68. The van der Waals surface area contributed by atoms with E-state index >= 15 is 0 Å². The highest BCUT2D eigenvalue weighted by Crippen LogP contribution is 2.32. The summed E-state index contributed by atoms with van der Waals surface area (Å²) in [6.07, 6.45) is 0. The lowest BCUT2D eigenvalue weighted by Gasteiger charge is -2.06. The number of aryl methyl sites for hydroxylation is 1. The molecule has 0 bridgehead atoms. The number of sulfone groups is 1. The summed E-state index contributed by atoms with van der Waals surface area (Å²) in [6.45, 7) is 1.90. The Bertz CT molecular complexity index is 1320. The van der Waals surface area contributed by atoms with E-state index in [1.54, 1.807) is 36.4 Å². The number of carbonyl (C=O) groups is 1. The molecular weight excluding hydrogens is 442 g/mol. The normalized spacial score (nSPS) is 11.3. The second kappa shape index (κ2) is 9.42. The number of benzene rings is 3. The van der Waals surface area contributed by atoms with Gasteiger partial charge in [-0.25, -0.2) is 13.4 Å². The zero-order valence-electron chi connectivity index (χ0n) is 17.3. The Morgan fingerprint density at radius 1 is 0.938 bits per heavy atom. The molecular formula is C24H21N3O3S2. The van der Waals surface area contributed by atoms with Gasteiger partial charge in [0.1, 0.15) is 10.9 Å². The molecule has 0 aliphatic carbocycles. The summed E-state index contributed by atoms with van der Waals surface area (Å²) in [5.41, 5.74) is 2.40. The number of aromatic nitrogens is 2.